The van der Waals surface area contributed by atoms with Crippen molar-refractivity contribution in [3.63, 3.8) is 0 Å². The predicted octanol–water partition coefficient (Wildman–Crippen LogP) is 7.52. The van der Waals surface area contributed by atoms with E-state index in [1.807, 2.05) is 43.5 Å². The monoisotopic (exact) mass is 569 g/mol. The average Bonchev–Trinajstić information content (AvgIpc) is 3.39. The zero-order valence-corrected chi connectivity index (χ0v) is 23.5. The molecule has 0 spiro atoms. The summed E-state index contributed by atoms with van der Waals surface area (Å²) in [5.41, 5.74) is 2.51. The molecule has 1 aromatic heterocycles. The Labute approximate surface area is 227 Å². The summed E-state index contributed by atoms with van der Waals surface area (Å²) in [5.74, 6) is 0.885. The van der Waals surface area contributed by atoms with Crippen LogP contribution < -0.4 is 10.1 Å². The third-order valence-corrected chi connectivity index (χ3v) is 7.21. The van der Waals surface area contributed by atoms with E-state index in [0.29, 0.717) is 56.5 Å². The number of aryl methyl sites for hydroxylation is 1. The number of alkyl halides is 3. The van der Waals surface area contributed by atoms with Crippen molar-refractivity contribution in [2.45, 2.75) is 52.3 Å². The second-order valence-electron chi connectivity index (χ2n) is 9.49. The van der Waals surface area contributed by atoms with Crippen LogP contribution in [0.1, 0.15) is 48.9 Å². The molecule has 1 unspecified atom stereocenters. The maximum Gasteiger partial charge on any atom is 0.416 e. The second kappa shape index (κ2) is 14.8. The van der Waals surface area contributed by atoms with Crippen LogP contribution in [0, 0.1) is 5.92 Å². The van der Waals surface area contributed by atoms with Gasteiger partial charge < -0.3 is 19.5 Å². The first-order valence-corrected chi connectivity index (χ1v) is 14.8. The first-order chi connectivity index (χ1) is 18.1. The molecule has 2 N–H and O–H groups in total. The number of rotatable bonds is 15. The van der Waals surface area contributed by atoms with E-state index in [-0.39, 0.29) is 12.5 Å². The van der Waals surface area contributed by atoms with E-state index in [1.165, 1.54) is 6.07 Å². The lowest BCUT2D eigenvalue weighted by molar-refractivity contribution is -0.138. The summed E-state index contributed by atoms with van der Waals surface area (Å²) in [7, 11) is -2.88. The highest BCUT2D eigenvalue weighted by molar-refractivity contribution is 7.32. The summed E-state index contributed by atoms with van der Waals surface area (Å²) in [6.07, 6.45) is -2.25. The van der Waals surface area contributed by atoms with Crippen molar-refractivity contribution < 1.29 is 31.9 Å². The lowest BCUT2D eigenvalue weighted by Gasteiger charge is -2.16. The van der Waals surface area contributed by atoms with Gasteiger partial charge in [-0.05, 0) is 84.5 Å². The Kier molecular flexibility index (Phi) is 11.9. The van der Waals surface area contributed by atoms with Crippen LogP contribution in [-0.4, -0.2) is 24.7 Å². The van der Waals surface area contributed by atoms with Gasteiger partial charge >= 0.3 is 14.4 Å². The van der Waals surface area contributed by atoms with Crippen molar-refractivity contribution in [3.8, 4) is 16.2 Å². The molecule has 38 heavy (non-hydrogen) atoms. The van der Waals surface area contributed by atoms with E-state index in [2.05, 4.69) is 15.9 Å². The van der Waals surface area contributed by atoms with Crippen molar-refractivity contribution in [2.24, 2.45) is 5.92 Å². The summed E-state index contributed by atoms with van der Waals surface area (Å²) in [6, 6.07) is 14.7. The van der Waals surface area contributed by atoms with Crippen LogP contribution in [0.2, 0.25) is 0 Å². The van der Waals surface area contributed by atoms with Crippen molar-refractivity contribution in [1.82, 2.24) is 5.32 Å². The Morgan fingerprint density at radius 3 is 2.53 bits per heavy atom. The van der Waals surface area contributed by atoms with Gasteiger partial charge in [0.1, 0.15) is 5.75 Å². The lowest BCUT2D eigenvalue weighted by atomic mass is 9.95. The second-order valence-corrected chi connectivity index (χ2v) is 11.3. The highest BCUT2D eigenvalue weighted by atomic mass is 32.1. The molecule has 5 nitrogen and oxygen atoms in total. The minimum absolute atomic E-state index is 0.148. The number of hydrogen-bond acceptors (Lipinski definition) is 5. The molecule has 3 aromatic rings. The number of nitrogens with one attached hydrogen (secondary N) is 1. The molecule has 0 bridgehead atoms. The minimum atomic E-state index is -4.36. The average molecular weight is 570 g/mol. The molecule has 0 amide bonds. The van der Waals surface area contributed by atoms with Crippen LogP contribution in [0.25, 0.3) is 10.4 Å². The Morgan fingerprint density at radius 1 is 1.05 bits per heavy atom. The predicted molar refractivity (Wildman–Crippen MR) is 147 cm³/mol. The Morgan fingerprint density at radius 2 is 1.84 bits per heavy atom. The molecule has 1 atom stereocenters. The number of benzene rings is 2. The van der Waals surface area contributed by atoms with Crippen molar-refractivity contribution in [2.75, 3.05) is 19.8 Å². The van der Waals surface area contributed by atoms with Crippen LogP contribution in [0.5, 0.6) is 5.75 Å². The molecule has 0 fully saturated rings. The fraction of sp³-hybridized carbons (Fsp3) is 0.429. The van der Waals surface area contributed by atoms with Gasteiger partial charge in [0, 0.05) is 17.0 Å². The van der Waals surface area contributed by atoms with E-state index in [4.69, 9.17) is 9.63 Å². The van der Waals surface area contributed by atoms with E-state index in [0.717, 1.165) is 21.8 Å². The standard InChI is InChI=1S/C28H35F3NO4PS/c1-20(2)16-23-10-8-21(18-25(23)28(29,30)31)6-3-13-35-26-11-9-22(17-24(26)27-7-4-15-38-27)19-32-12-5-14-36-37(33)34/h4,7-11,15,17-18,20,32,37H,3,5-6,12-14,16,19H2,1-2H3,(H,33,34). The van der Waals surface area contributed by atoms with E-state index in [9.17, 15) is 17.7 Å². The summed E-state index contributed by atoms with van der Waals surface area (Å²) < 4.78 is 62.2. The van der Waals surface area contributed by atoms with Gasteiger partial charge in [0.2, 0.25) is 0 Å². The fourth-order valence-electron chi connectivity index (χ4n) is 4.15. The number of thiophene rings is 1. The third kappa shape index (κ3) is 9.86. The quantitative estimate of drug-likeness (QED) is 0.146. The zero-order valence-electron chi connectivity index (χ0n) is 21.6. The largest absolute Gasteiger partial charge is 0.493 e. The lowest BCUT2D eigenvalue weighted by Crippen LogP contribution is -2.16. The van der Waals surface area contributed by atoms with E-state index >= 15 is 0 Å². The van der Waals surface area contributed by atoms with Gasteiger partial charge in [0.15, 0.2) is 0 Å². The molecule has 0 aliphatic heterocycles. The first-order valence-electron chi connectivity index (χ1n) is 12.7. The van der Waals surface area contributed by atoms with Gasteiger partial charge in [-0.3, -0.25) is 4.57 Å². The summed E-state index contributed by atoms with van der Waals surface area (Å²) in [5, 5.41) is 5.30. The molecule has 2 aromatic carbocycles. The normalized spacial score (nSPS) is 12.7. The van der Waals surface area contributed by atoms with Crippen LogP contribution >= 0.6 is 19.6 Å². The molecule has 3 rings (SSSR count). The molecule has 1 heterocycles. The fourth-order valence-corrected chi connectivity index (χ4v) is 5.21. The summed E-state index contributed by atoms with van der Waals surface area (Å²) in [6.45, 7) is 5.73. The molecule has 0 saturated heterocycles. The molecule has 0 aliphatic rings. The minimum Gasteiger partial charge on any atom is -0.493 e. The van der Waals surface area contributed by atoms with Crippen LogP contribution in [0.4, 0.5) is 13.2 Å². The summed E-state index contributed by atoms with van der Waals surface area (Å²) >= 11 is 1.61. The summed E-state index contributed by atoms with van der Waals surface area (Å²) in [4.78, 5) is 9.77. The van der Waals surface area contributed by atoms with Crippen LogP contribution in [-0.2, 0) is 34.7 Å². The van der Waals surface area contributed by atoms with Crippen molar-refractivity contribution in [1.29, 1.82) is 0 Å². The van der Waals surface area contributed by atoms with Crippen LogP contribution in [0.15, 0.2) is 53.9 Å². The molecule has 0 radical (unpaired) electrons. The maximum absolute atomic E-state index is 13.6. The van der Waals surface area contributed by atoms with Gasteiger partial charge in [0.25, 0.3) is 0 Å². The van der Waals surface area contributed by atoms with Crippen molar-refractivity contribution >= 4 is 19.6 Å². The number of halogens is 3. The molecular weight excluding hydrogens is 534 g/mol. The smallest absolute Gasteiger partial charge is 0.416 e. The molecule has 0 saturated carbocycles. The maximum atomic E-state index is 13.6. The Bertz CT molecular complexity index is 1170. The highest BCUT2D eigenvalue weighted by Crippen LogP contribution is 2.35. The Hall–Kier alpha value is -2.16. The van der Waals surface area contributed by atoms with Crippen LogP contribution in [0.3, 0.4) is 0 Å². The molecule has 208 valence electrons. The third-order valence-electron chi connectivity index (χ3n) is 5.86. The molecular formula is C28H35F3NO4PS. The van der Waals surface area contributed by atoms with Gasteiger partial charge in [0.05, 0.1) is 18.8 Å². The number of hydrogen-bond donors (Lipinski definition) is 2. The number of ether oxygens (including phenoxy) is 1. The SMILES string of the molecule is CC(C)Cc1ccc(CCCOc2ccc(CNCCCO[PH](=O)O)cc2-c2cccs2)cc1C(F)(F)F. The van der Waals surface area contributed by atoms with Gasteiger partial charge in [-0.15, -0.1) is 11.3 Å². The van der Waals surface area contributed by atoms with E-state index in [1.54, 1.807) is 23.5 Å². The van der Waals surface area contributed by atoms with Gasteiger partial charge in [-0.1, -0.05) is 38.1 Å². The van der Waals surface area contributed by atoms with E-state index < -0.39 is 20.0 Å². The van der Waals surface area contributed by atoms with Gasteiger partial charge in [-0.2, -0.15) is 13.2 Å². The first kappa shape index (κ1) is 30.4. The zero-order chi connectivity index (χ0) is 27.5. The van der Waals surface area contributed by atoms with Crippen molar-refractivity contribution in [3.05, 3.63) is 76.2 Å². The molecule has 10 heteroatoms. The van der Waals surface area contributed by atoms with Gasteiger partial charge in [-0.25, -0.2) is 0 Å². The highest BCUT2D eigenvalue weighted by Gasteiger charge is 2.33. The molecule has 0 aliphatic carbocycles. The Balaban J connectivity index is 1.58. The topological polar surface area (TPSA) is 67.8 Å².